The molecule has 0 spiro atoms. The van der Waals surface area contributed by atoms with E-state index in [1.807, 2.05) is 0 Å². The molecule has 1 aromatic carbocycles. The molecule has 2 N–H and O–H groups in total. The predicted octanol–water partition coefficient (Wildman–Crippen LogP) is 2.78. The summed E-state index contributed by atoms with van der Waals surface area (Å²) in [5.74, 6) is 0.264. The van der Waals surface area contributed by atoms with Gasteiger partial charge >= 0.3 is 0 Å². The minimum Gasteiger partial charge on any atom is -0.379 e. The highest BCUT2D eigenvalue weighted by Crippen LogP contribution is 2.25. The Hall–Kier alpha value is -1.93. The number of amides is 1. The van der Waals surface area contributed by atoms with Crippen molar-refractivity contribution < 1.29 is 9.53 Å². The van der Waals surface area contributed by atoms with Crippen molar-refractivity contribution in [3.8, 4) is 0 Å². The molecule has 0 bridgehead atoms. The molecule has 0 saturated carbocycles. The number of ether oxygens (including phenoxy) is 1. The van der Waals surface area contributed by atoms with Crippen LogP contribution in [0.3, 0.4) is 0 Å². The third-order valence-corrected chi connectivity index (χ3v) is 4.65. The maximum Gasteiger partial charge on any atom is 0.276 e. The number of aromatic nitrogens is 2. The van der Waals surface area contributed by atoms with E-state index in [9.17, 15) is 4.79 Å². The zero-order valence-electron chi connectivity index (χ0n) is 14.0. The van der Waals surface area contributed by atoms with Gasteiger partial charge in [-0.05, 0) is 30.3 Å². The summed E-state index contributed by atoms with van der Waals surface area (Å²) in [7, 11) is 0. The molecule has 7 nitrogen and oxygen atoms in total. The summed E-state index contributed by atoms with van der Waals surface area (Å²) in [4.78, 5) is 14.5. The quantitative estimate of drug-likeness (QED) is 0.782. The molecule has 1 saturated heterocycles. The average Bonchev–Trinajstić information content (AvgIpc) is 2.66. The van der Waals surface area contributed by atoms with Crippen LogP contribution in [0, 0.1) is 0 Å². The Labute approximate surface area is 161 Å². The molecule has 0 aliphatic carbocycles. The van der Waals surface area contributed by atoms with Crippen LogP contribution in [0.25, 0.3) is 0 Å². The number of benzene rings is 1. The Morgan fingerprint density at radius 1 is 1.12 bits per heavy atom. The third-order valence-electron chi connectivity index (χ3n) is 3.91. The lowest BCUT2D eigenvalue weighted by Gasteiger charge is -2.26. The number of morpholine rings is 1. The van der Waals surface area contributed by atoms with Gasteiger partial charge in [0.2, 0.25) is 0 Å². The number of carbonyl (C=O) groups excluding carboxylic acids is 1. The molecule has 1 amide bonds. The first-order valence-electron chi connectivity index (χ1n) is 8.26. The van der Waals surface area contributed by atoms with Crippen LogP contribution < -0.4 is 10.6 Å². The van der Waals surface area contributed by atoms with Crippen LogP contribution >= 0.6 is 23.2 Å². The number of hydrogen-bond donors (Lipinski definition) is 2. The molecule has 2 heterocycles. The average molecular weight is 396 g/mol. The Kier molecular flexibility index (Phi) is 6.62. The normalized spacial score (nSPS) is 14.8. The number of halogens is 2. The monoisotopic (exact) mass is 395 g/mol. The van der Waals surface area contributed by atoms with Gasteiger partial charge in [-0.3, -0.25) is 9.69 Å². The Balaban J connectivity index is 1.49. The molecule has 1 aromatic heterocycles. The van der Waals surface area contributed by atoms with Gasteiger partial charge in [0.25, 0.3) is 5.91 Å². The van der Waals surface area contributed by atoms with Crippen LogP contribution in [0.15, 0.2) is 30.3 Å². The van der Waals surface area contributed by atoms with E-state index in [2.05, 4.69) is 25.7 Å². The van der Waals surface area contributed by atoms with Gasteiger partial charge in [-0.1, -0.05) is 23.2 Å². The summed E-state index contributed by atoms with van der Waals surface area (Å²) < 4.78 is 5.32. The first kappa shape index (κ1) is 18.8. The lowest BCUT2D eigenvalue weighted by molar-refractivity contribution is 0.0398. The second kappa shape index (κ2) is 9.14. The number of hydrogen-bond acceptors (Lipinski definition) is 6. The summed E-state index contributed by atoms with van der Waals surface area (Å²) in [6, 6.07) is 8.22. The highest BCUT2D eigenvalue weighted by atomic mass is 35.5. The van der Waals surface area contributed by atoms with Gasteiger partial charge in [0.05, 0.1) is 23.3 Å². The second-order valence-corrected chi connectivity index (χ2v) is 6.58. The van der Waals surface area contributed by atoms with Crippen molar-refractivity contribution in [2.45, 2.75) is 0 Å². The summed E-state index contributed by atoms with van der Waals surface area (Å²) in [6.07, 6.45) is 0. The fourth-order valence-corrected chi connectivity index (χ4v) is 2.78. The van der Waals surface area contributed by atoms with Crippen molar-refractivity contribution in [1.82, 2.24) is 15.1 Å². The Bertz CT molecular complexity index is 751. The zero-order valence-corrected chi connectivity index (χ0v) is 15.6. The van der Waals surface area contributed by atoms with Crippen LogP contribution in [-0.4, -0.2) is 60.4 Å². The van der Waals surface area contributed by atoms with E-state index in [4.69, 9.17) is 27.9 Å². The zero-order chi connectivity index (χ0) is 18.4. The topological polar surface area (TPSA) is 79.4 Å². The van der Waals surface area contributed by atoms with Gasteiger partial charge in [-0.25, -0.2) is 0 Å². The van der Waals surface area contributed by atoms with E-state index in [1.165, 1.54) is 0 Å². The number of rotatable bonds is 6. The van der Waals surface area contributed by atoms with Crippen molar-refractivity contribution >= 4 is 40.6 Å². The molecule has 0 atom stereocenters. The standard InChI is InChI=1S/C17H19Cl2N5O2/c18-13-2-1-12(11-14(13)19)21-17(25)15-3-4-16(23-22-15)20-5-6-24-7-9-26-10-8-24/h1-4,11H,5-10H2,(H,20,23)(H,21,25). The number of anilines is 2. The van der Waals surface area contributed by atoms with Gasteiger partial charge in [-0.15, -0.1) is 10.2 Å². The molecule has 26 heavy (non-hydrogen) atoms. The van der Waals surface area contributed by atoms with Crippen LogP contribution in [0.4, 0.5) is 11.5 Å². The Morgan fingerprint density at radius 2 is 1.92 bits per heavy atom. The molecular formula is C17H19Cl2N5O2. The third kappa shape index (κ3) is 5.28. The summed E-state index contributed by atoms with van der Waals surface area (Å²) in [6.45, 7) is 5.11. The first-order valence-corrected chi connectivity index (χ1v) is 9.01. The molecular weight excluding hydrogens is 377 g/mol. The van der Waals surface area contributed by atoms with Crippen molar-refractivity contribution in [1.29, 1.82) is 0 Å². The van der Waals surface area contributed by atoms with Gasteiger partial charge in [0.15, 0.2) is 5.69 Å². The summed E-state index contributed by atoms with van der Waals surface area (Å²) in [5.41, 5.74) is 0.758. The van der Waals surface area contributed by atoms with Crippen LogP contribution in [-0.2, 0) is 4.74 Å². The smallest absolute Gasteiger partial charge is 0.276 e. The van der Waals surface area contributed by atoms with E-state index in [1.54, 1.807) is 30.3 Å². The van der Waals surface area contributed by atoms with Crippen molar-refractivity contribution in [2.24, 2.45) is 0 Å². The molecule has 2 aromatic rings. The van der Waals surface area contributed by atoms with Gasteiger partial charge in [0.1, 0.15) is 5.82 Å². The van der Waals surface area contributed by atoms with E-state index in [-0.39, 0.29) is 11.6 Å². The number of nitrogens with zero attached hydrogens (tertiary/aromatic N) is 3. The first-order chi connectivity index (χ1) is 12.6. The fourth-order valence-electron chi connectivity index (χ4n) is 2.48. The van der Waals surface area contributed by atoms with Crippen LogP contribution in [0.2, 0.25) is 10.0 Å². The minimum atomic E-state index is -0.365. The maximum absolute atomic E-state index is 12.2. The number of nitrogens with one attached hydrogen (secondary N) is 2. The molecule has 9 heteroatoms. The molecule has 1 fully saturated rings. The van der Waals surface area contributed by atoms with Crippen LogP contribution in [0.5, 0.6) is 0 Å². The van der Waals surface area contributed by atoms with Gasteiger partial charge < -0.3 is 15.4 Å². The minimum absolute atomic E-state index is 0.217. The van der Waals surface area contributed by atoms with E-state index in [0.717, 1.165) is 39.4 Å². The van der Waals surface area contributed by atoms with E-state index in [0.29, 0.717) is 21.6 Å². The highest BCUT2D eigenvalue weighted by Gasteiger charge is 2.11. The van der Waals surface area contributed by atoms with E-state index >= 15 is 0 Å². The van der Waals surface area contributed by atoms with Gasteiger partial charge in [0, 0.05) is 31.9 Å². The number of carbonyl (C=O) groups is 1. The molecule has 1 aliphatic heterocycles. The summed E-state index contributed by atoms with van der Waals surface area (Å²) in [5, 5.41) is 14.7. The van der Waals surface area contributed by atoms with Gasteiger partial charge in [-0.2, -0.15) is 0 Å². The molecule has 1 aliphatic rings. The lowest BCUT2D eigenvalue weighted by Crippen LogP contribution is -2.39. The van der Waals surface area contributed by atoms with Crippen LogP contribution in [0.1, 0.15) is 10.5 Å². The Morgan fingerprint density at radius 3 is 2.62 bits per heavy atom. The van der Waals surface area contributed by atoms with Crippen molar-refractivity contribution in [3.63, 3.8) is 0 Å². The molecule has 0 unspecified atom stereocenters. The SMILES string of the molecule is O=C(Nc1ccc(Cl)c(Cl)c1)c1ccc(NCCN2CCOCC2)nn1. The second-order valence-electron chi connectivity index (χ2n) is 5.77. The summed E-state index contributed by atoms with van der Waals surface area (Å²) >= 11 is 11.8. The van der Waals surface area contributed by atoms with Crippen molar-refractivity contribution in [3.05, 3.63) is 46.1 Å². The fraction of sp³-hybridized carbons (Fsp3) is 0.353. The predicted molar refractivity (Wildman–Crippen MR) is 102 cm³/mol. The van der Waals surface area contributed by atoms with Crippen molar-refractivity contribution in [2.75, 3.05) is 50.0 Å². The molecule has 138 valence electrons. The molecule has 0 radical (unpaired) electrons. The maximum atomic E-state index is 12.2. The highest BCUT2D eigenvalue weighted by molar-refractivity contribution is 6.42. The molecule has 3 rings (SSSR count). The lowest BCUT2D eigenvalue weighted by atomic mass is 10.3. The van der Waals surface area contributed by atoms with E-state index < -0.39 is 0 Å². The largest absolute Gasteiger partial charge is 0.379 e.